The molecule has 3 nitrogen and oxygen atoms in total. The third kappa shape index (κ3) is 2.35. The van der Waals surface area contributed by atoms with Gasteiger partial charge in [-0.25, -0.2) is 0 Å². The third-order valence-electron chi connectivity index (χ3n) is 4.24. The molecule has 0 aromatic heterocycles. The summed E-state index contributed by atoms with van der Waals surface area (Å²) in [6.07, 6.45) is 2.55. The van der Waals surface area contributed by atoms with Crippen LogP contribution in [0.15, 0.2) is 36.4 Å². The SMILES string of the molecule is CN1CCCC1CNc1ccc(C#N)c2ccccc12. The van der Waals surface area contributed by atoms with Crippen LogP contribution in [0.4, 0.5) is 5.69 Å². The Hall–Kier alpha value is -2.05. The van der Waals surface area contributed by atoms with Crippen molar-refractivity contribution in [1.29, 1.82) is 5.26 Å². The number of hydrogen-bond acceptors (Lipinski definition) is 3. The minimum absolute atomic E-state index is 0.615. The second-order valence-electron chi connectivity index (χ2n) is 5.48. The summed E-state index contributed by atoms with van der Waals surface area (Å²) < 4.78 is 0. The van der Waals surface area contributed by atoms with Crippen LogP contribution in [0, 0.1) is 11.3 Å². The number of likely N-dealkylation sites (tertiary alicyclic amines) is 1. The second kappa shape index (κ2) is 5.52. The van der Waals surface area contributed by atoms with Gasteiger partial charge in [0, 0.05) is 29.0 Å². The first-order valence-corrected chi connectivity index (χ1v) is 7.15. The Balaban J connectivity index is 1.87. The number of rotatable bonds is 3. The van der Waals surface area contributed by atoms with Gasteiger partial charge in [0.05, 0.1) is 11.6 Å². The van der Waals surface area contributed by atoms with E-state index in [1.807, 2.05) is 30.3 Å². The Morgan fingerprint density at radius 1 is 1.25 bits per heavy atom. The van der Waals surface area contributed by atoms with E-state index in [1.54, 1.807) is 0 Å². The zero-order valence-electron chi connectivity index (χ0n) is 11.8. The van der Waals surface area contributed by atoms with Crippen molar-refractivity contribution in [2.45, 2.75) is 18.9 Å². The summed E-state index contributed by atoms with van der Waals surface area (Å²) in [6.45, 7) is 2.16. The van der Waals surface area contributed by atoms with Gasteiger partial charge in [-0.2, -0.15) is 5.26 Å². The molecule has 0 amide bonds. The molecule has 20 heavy (non-hydrogen) atoms. The van der Waals surface area contributed by atoms with Gasteiger partial charge in [-0.05, 0) is 38.6 Å². The lowest BCUT2D eigenvalue weighted by Crippen LogP contribution is -2.31. The van der Waals surface area contributed by atoms with Crippen molar-refractivity contribution in [1.82, 2.24) is 4.90 Å². The van der Waals surface area contributed by atoms with Gasteiger partial charge in [-0.3, -0.25) is 0 Å². The van der Waals surface area contributed by atoms with E-state index in [-0.39, 0.29) is 0 Å². The molecular formula is C17H19N3. The van der Waals surface area contributed by atoms with Gasteiger partial charge in [0.15, 0.2) is 0 Å². The molecule has 1 fully saturated rings. The first-order chi connectivity index (χ1) is 9.79. The second-order valence-corrected chi connectivity index (χ2v) is 5.48. The molecule has 1 aliphatic heterocycles. The maximum Gasteiger partial charge on any atom is 0.0998 e. The monoisotopic (exact) mass is 265 g/mol. The first kappa shape index (κ1) is 13.0. The Kier molecular flexibility index (Phi) is 3.58. The van der Waals surface area contributed by atoms with E-state index in [0.717, 1.165) is 28.6 Å². The normalized spacial score (nSPS) is 19.1. The Labute approximate surface area is 119 Å². The number of fused-ring (bicyclic) bond motifs is 1. The summed E-state index contributed by atoms with van der Waals surface area (Å²) in [5.74, 6) is 0. The molecule has 1 saturated heterocycles. The van der Waals surface area contributed by atoms with E-state index in [2.05, 4.69) is 29.4 Å². The molecule has 0 saturated carbocycles. The fourth-order valence-electron chi connectivity index (χ4n) is 3.02. The highest BCUT2D eigenvalue weighted by atomic mass is 15.2. The molecule has 0 bridgehead atoms. The standard InChI is InChI=1S/C17H19N3/c1-20-10-4-5-14(20)12-19-17-9-8-13(11-18)15-6-2-3-7-16(15)17/h2-3,6-9,14,19H,4-5,10,12H2,1H3. The number of benzene rings is 2. The number of nitrogens with one attached hydrogen (secondary N) is 1. The van der Waals surface area contributed by atoms with Gasteiger partial charge in [0.1, 0.15) is 0 Å². The van der Waals surface area contributed by atoms with Crippen molar-refractivity contribution in [3.63, 3.8) is 0 Å². The van der Waals surface area contributed by atoms with Crippen LogP contribution in [-0.4, -0.2) is 31.1 Å². The predicted octanol–water partition coefficient (Wildman–Crippen LogP) is 3.22. The number of nitrogens with zero attached hydrogens (tertiary/aromatic N) is 2. The molecule has 0 radical (unpaired) electrons. The molecule has 1 N–H and O–H groups in total. The lowest BCUT2D eigenvalue weighted by molar-refractivity contribution is 0.322. The first-order valence-electron chi connectivity index (χ1n) is 7.15. The maximum atomic E-state index is 9.19. The summed E-state index contributed by atoms with van der Waals surface area (Å²) >= 11 is 0. The highest BCUT2D eigenvalue weighted by molar-refractivity contribution is 5.97. The molecule has 3 heteroatoms. The molecule has 3 rings (SSSR count). The number of nitriles is 1. The summed E-state index contributed by atoms with van der Waals surface area (Å²) in [7, 11) is 2.19. The molecule has 102 valence electrons. The average Bonchev–Trinajstić information content (AvgIpc) is 2.90. The highest BCUT2D eigenvalue weighted by Crippen LogP contribution is 2.27. The molecule has 1 unspecified atom stereocenters. The maximum absolute atomic E-state index is 9.19. The van der Waals surface area contributed by atoms with Gasteiger partial charge in [0.25, 0.3) is 0 Å². The highest BCUT2D eigenvalue weighted by Gasteiger charge is 2.20. The molecule has 0 aliphatic carbocycles. The largest absolute Gasteiger partial charge is 0.383 e. The van der Waals surface area contributed by atoms with Gasteiger partial charge in [0.2, 0.25) is 0 Å². The smallest absolute Gasteiger partial charge is 0.0998 e. The van der Waals surface area contributed by atoms with E-state index in [9.17, 15) is 5.26 Å². The van der Waals surface area contributed by atoms with Crippen molar-refractivity contribution >= 4 is 16.5 Å². The van der Waals surface area contributed by atoms with Crippen molar-refractivity contribution < 1.29 is 0 Å². The van der Waals surface area contributed by atoms with Gasteiger partial charge in [-0.1, -0.05) is 24.3 Å². The molecule has 1 atom stereocenters. The van der Waals surface area contributed by atoms with Gasteiger partial charge < -0.3 is 10.2 Å². The number of hydrogen-bond donors (Lipinski definition) is 1. The van der Waals surface area contributed by atoms with Crippen molar-refractivity contribution in [3.8, 4) is 6.07 Å². The van der Waals surface area contributed by atoms with Crippen LogP contribution in [0.2, 0.25) is 0 Å². The zero-order valence-corrected chi connectivity index (χ0v) is 11.8. The fourth-order valence-corrected chi connectivity index (χ4v) is 3.02. The zero-order chi connectivity index (χ0) is 13.9. The Bertz CT molecular complexity index is 657. The molecule has 1 heterocycles. The quantitative estimate of drug-likeness (QED) is 0.926. The lowest BCUT2D eigenvalue weighted by atomic mass is 10.0. The third-order valence-corrected chi connectivity index (χ3v) is 4.24. The lowest BCUT2D eigenvalue weighted by Gasteiger charge is -2.21. The minimum atomic E-state index is 0.615. The molecule has 1 aliphatic rings. The van der Waals surface area contributed by atoms with E-state index >= 15 is 0 Å². The predicted molar refractivity (Wildman–Crippen MR) is 82.8 cm³/mol. The van der Waals surface area contributed by atoms with Crippen molar-refractivity contribution in [3.05, 3.63) is 42.0 Å². The van der Waals surface area contributed by atoms with E-state index in [0.29, 0.717) is 6.04 Å². The van der Waals surface area contributed by atoms with E-state index in [4.69, 9.17) is 0 Å². The summed E-state index contributed by atoms with van der Waals surface area (Å²) in [5.41, 5.74) is 1.86. The summed E-state index contributed by atoms with van der Waals surface area (Å²) in [4.78, 5) is 2.42. The average molecular weight is 265 g/mol. The Morgan fingerprint density at radius 2 is 2.05 bits per heavy atom. The van der Waals surface area contributed by atoms with Crippen LogP contribution in [0.3, 0.4) is 0 Å². The van der Waals surface area contributed by atoms with Crippen molar-refractivity contribution in [2.24, 2.45) is 0 Å². The molecule has 0 spiro atoms. The van der Waals surface area contributed by atoms with E-state index in [1.165, 1.54) is 19.4 Å². The van der Waals surface area contributed by atoms with Crippen LogP contribution in [0.25, 0.3) is 10.8 Å². The van der Waals surface area contributed by atoms with Crippen LogP contribution < -0.4 is 5.32 Å². The molecular weight excluding hydrogens is 246 g/mol. The number of likely N-dealkylation sites (N-methyl/N-ethyl adjacent to an activating group) is 1. The van der Waals surface area contributed by atoms with Gasteiger partial charge >= 0.3 is 0 Å². The number of anilines is 1. The molecule has 2 aromatic carbocycles. The minimum Gasteiger partial charge on any atom is -0.383 e. The van der Waals surface area contributed by atoms with E-state index < -0.39 is 0 Å². The fraction of sp³-hybridized carbons (Fsp3) is 0.353. The topological polar surface area (TPSA) is 39.1 Å². The molecule has 2 aromatic rings. The summed E-state index contributed by atoms with van der Waals surface area (Å²) in [6, 6.07) is 14.9. The van der Waals surface area contributed by atoms with Gasteiger partial charge in [-0.15, -0.1) is 0 Å². The summed E-state index contributed by atoms with van der Waals surface area (Å²) in [5, 5.41) is 14.9. The van der Waals surface area contributed by atoms with Crippen LogP contribution >= 0.6 is 0 Å². The Morgan fingerprint density at radius 3 is 2.75 bits per heavy atom. The van der Waals surface area contributed by atoms with Crippen LogP contribution in [-0.2, 0) is 0 Å². The van der Waals surface area contributed by atoms with Crippen molar-refractivity contribution in [2.75, 3.05) is 25.5 Å². The van der Waals surface area contributed by atoms with Crippen LogP contribution in [0.5, 0.6) is 0 Å². The van der Waals surface area contributed by atoms with Crippen LogP contribution in [0.1, 0.15) is 18.4 Å².